The zero-order valence-electron chi connectivity index (χ0n) is 10.3. The van der Waals surface area contributed by atoms with Crippen LogP contribution in [0.2, 0.25) is 0 Å². The van der Waals surface area contributed by atoms with Crippen LogP contribution in [0.25, 0.3) is 0 Å². The Labute approximate surface area is 113 Å². The number of ether oxygens (including phenoxy) is 1. The fraction of sp³-hybridized carbons (Fsp3) is 0.727. The fourth-order valence-corrected chi connectivity index (χ4v) is 2.93. The van der Waals surface area contributed by atoms with Crippen LogP contribution >= 0.6 is 23.7 Å². The zero-order valence-corrected chi connectivity index (χ0v) is 11.9. The van der Waals surface area contributed by atoms with Crippen LogP contribution in [-0.4, -0.2) is 35.7 Å². The van der Waals surface area contributed by atoms with Gasteiger partial charge in [0.1, 0.15) is 0 Å². The number of anilines is 1. The van der Waals surface area contributed by atoms with Gasteiger partial charge in [-0.3, -0.25) is 4.90 Å². The van der Waals surface area contributed by atoms with Crippen molar-refractivity contribution in [1.29, 1.82) is 0 Å². The zero-order chi connectivity index (χ0) is 11.5. The standard InChI is InChI=1S/C11H19N3OS.ClH/c1-8-5-9(15-2)3-4-14(8)7-10-6-13-11(12)16-10;/h6,8-9H,3-5,7H2,1-2H3,(H2,12,13);1H. The SMILES string of the molecule is COC1CCN(Cc2cnc(N)s2)C(C)C1.Cl. The Balaban J connectivity index is 0.00000144. The summed E-state index contributed by atoms with van der Waals surface area (Å²) in [5.74, 6) is 0. The van der Waals surface area contributed by atoms with Crippen LogP contribution in [-0.2, 0) is 11.3 Å². The van der Waals surface area contributed by atoms with Gasteiger partial charge in [-0.05, 0) is 19.8 Å². The van der Waals surface area contributed by atoms with Gasteiger partial charge in [0.25, 0.3) is 0 Å². The summed E-state index contributed by atoms with van der Waals surface area (Å²) in [6.45, 7) is 4.32. The van der Waals surface area contributed by atoms with E-state index in [9.17, 15) is 0 Å². The molecule has 0 aromatic carbocycles. The normalized spacial score (nSPS) is 25.5. The predicted octanol–water partition coefficient (Wildman–Crippen LogP) is 2.15. The summed E-state index contributed by atoms with van der Waals surface area (Å²) in [4.78, 5) is 7.81. The van der Waals surface area contributed by atoms with Gasteiger partial charge < -0.3 is 10.5 Å². The molecule has 1 aliphatic rings. The van der Waals surface area contributed by atoms with E-state index < -0.39 is 0 Å². The molecule has 98 valence electrons. The van der Waals surface area contributed by atoms with Crippen molar-refractivity contribution in [2.45, 2.75) is 38.5 Å². The molecule has 2 N–H and O–H groups in total. The van der Waals surface area contributed by atoms with E-state index in [0.29, 0.717) is 17.3 Å². The molecule has 17 heavy (non-hydrogen) atoms. The van der Waals surface area contributed by atoms with Gasteiger partial charge >= 0.3 is 0 Å². The summed E-state index contributed by atoms with van der Waals surface area (Å²) < 4.78 is 5.41. The van der Waals surface area contributed by atoms with E-state index >= 15 is 0 Å². The smallest absolute Gasteiger partial charge is 0.180 e. The van der Waals surface area contributed by atoms with Crippen molar-refractivity contribution in [3.05, 3.63) is 11.1 Å². The van der Waals surface area contributed by atoms with E-state index in [1.807, 2.05) is 6.20 Å². The Kier molecular flexibility index (Phi) is 5.66. The number of nitrogen functional groups attached to an aromatic ring is 1. The molecule has 1 fully saturated rings. The first-order valence-corrected chi connectivity index (χ1v) is 6.47. The predicted molar refractivity (Wildman–Crippen MR) is 73.7 cm³/mol. The van der Waals surface area contributed by atoms with E-state index in [4.69, 9.17) is 10.5 Å². The van der Waals surface area contributed by atoms with Crippen LogP contribution in [0.4, 0.5) is 5.13 Å². The Hall–Kier alpha value is -0.360. The van der Waals surface area contributed by atoms with Crippen LogP contribution < -0.4 is 5.73 Å². The van der Waals surface area contributed by atoms with Gasteiger partial charge in [0.15, 0.2) is 5.13 Å². The highest BCUT2D eigenvalue weighted by Crippen LogP contribution is 2.23. The Morgan fingerprint density at radius 3 is 2.94 bits per heavy atom. The molecular formula is C11H20ClN3OS. The number of halogens is 1. The molecule has 0 amide bonds. The van der Waals surface area contributed by atoms with Gasteiger partial charge in [-0.2, -0.15) is 0 Å². The third-order valence-corrected chi connectivity index (χ3v) is 4.04. The van der Waals surface area contributed by atoms with Gasteiger partial charge in [0.05, 0.1) is 6.10 Å². The topological polar surface area (TPSA) is 51.4 Å². The van der Waals surface area contributed by atoms with Crippen molar-refractivity contribution in [2.75, 3.05) is 19.4 Å². The number of methoxy groups -OCH3 is 1. The molecule has 6 heteroatoms. The number of aromatic nitrogens is 1. The van der Waals surface area contributed by atoms with E-state index in [2.05, 4.69) is 16.8 Å². The number of likely N-dealkylation sites (tertiary alicyclic amines) is 1. The first-order valence-electron chi connectivity index (χ1n) is 5.66. The number of hydrogen-bond acceptors (Lipinski definition) is 5. The molecule has 1 aromatic heterocycles. The molecule has 2 atom stereocenters. The molecule has 1 aliphatic heterocycles. The lowest BCUT2D eigenvalue weighted by Gasteiger charge is -2.36. The summed E-state index contributed by atoms with van der Waals surface area (Å²) in [7, 11) is 1.80. The third-order valence-electron chi connectivity index (χ3n) is 3.23. The summed E-state index contributed by atoms with van der Waals surface area (Å²) in [5, 5.41) is 0.662. The van der Waals surface area contributed by atoms with Crippen LogP contribution in [0, 0.1) is 0 Å². The van der Waals surface area contributed by atoms with Gasteiger partial charge in [0.2, 0.25) is 0 Å². The third kappa shape index (κ3) is 3.81. The molecule has 0 bridgehead atoms. The highest BCUT2D eigenvalue weighted by Gasteiger charge is 2.25. The minimum Gasteiger partial charge on any atom is -0.381 e. The quantitative estimate of drug-likeness (QED) is 0.920. The highest BCUT2D eigenvalue weighted by atomic mass is 35.5. The van der Waals surface area contributed by atoms with Gasteiger partial charge in [-0.15, -0.1) is 23.7 Å². The minimum absolute atomic E-state index is 0. The molecule has 1 saturated heterocycles. The van der Waals surface area contributed by atoms with E-state index in [0.717, 1.165) is 25.9 Å². The van der Waals surface area contributed by atoms with E-state index in [-0.39, 0.29) is 12.4 Å². The van der Waals surface area contributed by atoms with Gasteiger partial charge in [-0.25, -0.2) is 4.98 Å². The molecule has 0 radical (unpaired) electrons. The van der Waals surface area contributed by atoms with Crippen molar-refractivity contribution < 1.29 is 4.74 Å². The van der Waals surface area contributed by atoms with Crippen LogP contribution in [0.3, 0.4) is 0 Å². The second-order valence-corrected chi connectivity index (χ2v) is 5.51. The average Bonchev–Trinajstić information content (AvgIpc) is 2.67. The molecule has 2 unspecified atom stereocenters. The van der Waals surface area contributed by atoms with Crippen LogP contribution in [0.5, 0.6) is 0 Å². The number of hydrogen-bond donors (Lipinski definition) is 1. The number of rotatable bonds is 3. The number of thiazole rings is 1. The molecule has 4 nitrogen and oxygen atoms in total. The largest absolute Gasteiger partial charge is 0.381 e. The molecule has 1 aromatic rings. The molecule has 0 spiro atoms. The molecular weight excluding hydrogens is 258 g/mol. The second-order valence-electron chi connectivity index (χ2n) is 4.37. The lowest BCUT2D eigenvalue weighted by Crippen LogP contribution is -2.42. The molecule has 0 saturated carbocycles. The summed E-state index contributed by atoms with van der Waals surface area (Å²) in [6, 6.07) is 0.571. The summed E-state index contributed by atoms with van der Waals surface area (Å²) in [5.41, 5.74) is 5.63. The van der Waals surface area contributed by atoms with E-state index in [1.165, 1.54) is 4.88 Å². The lowest BCUT2D eigenvalue weighted by molar-refractivity contribution is 0.0133. The Bertz CT molecular complexity index is 347. The maximum absolute atomic E-state index is 5.63. The number of nitrogens with two attached hydrogens (primary N) is 1. The van der Waals surface area contributed by atoms with Crippen LogP contribution in [0.1, 0.15) is 24.6 Å². The minimum atomic E-state index is 0. The molecule has 0 aliphatic carbocycles. The summed E-state index contributed by atoms with van der Waals surface area (Å²) in [6.07, 6.45) is 4.55. The van der Waals surface area contributed by atoms with Crippen LogP contribution in [0.15, 0.2) is 6.20 Å². The Morgan fingerprint density at radius 1 is 1.65 bits per heavy atom. The van der Waals surface area contributed by atoms with Crippen molar-refractivity contribution in [3.63, 3.8) is 0 Å². The maximum Gasteiger partial charge on any atom is 0.180 e. The molecule has 2 heterocycles. The summed E-state index contributed by atoms with van der Waals surface area (Å²) >= 11 is 1.58. The second kappa shape index (κ2) is 6.54. The monoisotopic (exact) mass is 277 g/mol. The van der Waals surface area contributed by atoms with Crippen molar-refractivity contribution in [3.8, 4) is 0 Å². The average molecular weight is 278 g/mol. The van der Waals surface area contributed by atoms with Crippen molar-refractivity contribution in [2.24, 2.45) is 0 Å². The first-order chi connectivity index (χ1) is 7.69. The lowest BCUT2D eigenvalue weighted by atomic mass is 10.0. The highest BCUT2D eigenvalue weighted by molar-refractivity contribution is 7.15. The molecule has 2 rings (SSSR count). The van der Waals surface area contributed by atoms with Gasteiger partial charge in [-0.1, -0.05) is 0 Å². The Morgan fingerprint density at radius 2 is 2.41 bits per heavy atom. The number of nitrogens with zero attached hydrogens (tertiary/aromatic N) is 2. The first kappa shape index (κ1) is 14.7. The van der Waals surface area contributed by atoms with E-state index in [1.54, 1.807) is 18.4 Å². The van der Waals surface area contributed by atoms with Crippen molar-refractivity contribution >= 4 is 28.9 Å². The fourth-order valence-electron chi connectivity index (χ4n) is 2.22. The van der Waals surface area contributed by atoms with Crippen molar-refractivity contribution in [1.82, 2.24) is 9.88 Å². The maximum atomic E-state index is 5.63. The van der Waals surface area contributed by atoms with Gasteiger partial charge in [0, 0.05) is 37.3 Å². The number of piperidine rings is 1.